The average molecular weight is 338 g/mol. The normalized spacial score (nSPS) is 11.1. The fourth-order valence-corrected chi connectivity index (χ4v) is 2.74. The van der Waals surface area contributed by atoms with Crippen LogP contribution in [-0.2, 0) is 4.79 Å². The van der Waals surface area contributed by atoms with Gasteiger partial charge >= 0.3 is 0 Å². The Morgan fingerprint density at radius 1 is 1.04 bits per heavy atom. The molecule has 3 rings (SSSR count). The number of nitrogens with zero attached hydrogens (tertiary/aromatic N) is 1. The molecule has 0 aliphatic carbocycles. The van der Waals surface area contributed by atoms with Crippen LogP contribution in [0.5, 0.6) is 5.75 Å². The Labute approximate surface area is 145 Å². The quantitative estimate of drug-likeness (QED) is 0.739. The maximum absolute atomic E-state index is 12.4. The summed E-state index contributed by atoms with van der Waals surface area (Å²) < 4.78 is 5.87. The van der Waals surface area contributed by atoms with Gasteiger partial charge in [-0.1, -0.05) is 42.5 Å². The number of nitrogens with one attached hydrogen (secondary N) is 1. The van der Waals surface area contributed by atoms with Crippen LogP contribution in [0.15, 0.2) is 66.2 Å². The van der Waals surface area contributed by atoms with E-state index in [0.717, 1.165) is 11.1 Å². The first kappa shape index (κ1) is 16.2. The van der Waals surface area contributed by atoms with Gasteiger partial charge in [0.1, 0.15) is 5.75 Å². The molecule has 0 saturated carbocycles. The van der Waals surface area contributed by atoms with Crippen molar-refractivity contribution in [3.63, 3.8) is 0 Å². The van der Waals surface area contributed by atoms with E-state index in [1.807, 2.05) is 47.8 Å². The molecule has 3 aromatic rings. The molecule has 1 N–H and O–H groups in total. The molecule has 0 unspecified atom stereocenters. The van der Waals surface area contributed by atoms with Crippen molar-refractivity contribution in [1.29, 1.82) is 0 Å². The first-order valence-corrected chi connectivity index (χ1v) is 8.48. The van der Waals surface area contributed by atoms with E-state index in [1.165, 1.54) is 11.3 Å². The molecular formula is C19H18N2O2S. The van der Waals surface area contributed by atoms with E-state index < -0.39 is 5.60 Å². The number of thiazole rings is 1. The van der Waals surface area contributed by atoms with Gasteiger partial charge in [0.25, 0.3) is 5.91 Å². The molecular weight excluding hydrogens is 320 g/mol. The Morgan fingerprint density at radius 3 is 2.33 bits per heavy atom. The monoisotopic (exact) mass is 338 g/mol. The maximum Gasteiger partial charge on any atom is 0.269 e. The summed E-state index contributed by atoms with van der Waals surface area (Å²) in [7, 11) is 0. The number of hydrogen-bond donors (Lipinski definition) is 1. The summed E-state index contributed by atoms with van der Waals surface area (Å²) in [6, 6.07) is 17.8. The third-order valence-electron chi connectivity index (χ3n) is 3.53. The van der Waals surface area contributed by atoms with Crippen LogP contribution >= 0.6 is 11.3 Å². The van der Waals surface area contributed by atoms with Gasteiger partial charge in [0, 0.05) is 11.6 Å². The topological polar surface area (TPSA) is 51.2 Å². The lowest BCUT2D eigenvalue weighted by Gasteiger charge is -2.24. The molecule has 0 aliphatic rings. The van der Waals surface area contributed by atoms with Crippen molar-refractivity contribution in [3.05, 3.63) is 66.2 Å². The molecule has 4 nitrogen and oxygen atoms in total. The molecule has 1 aromatic heterocycles. The molecule has 0 saturated heterocycles. The highest BCUT2D eigenvalue weighted by atomic mass is 32.1. The van der Waals surface area contributed by atoms with Gasteiger partial charge in [-0.3, -0.25) is 10.1 Å². The zero-order valence-corrected chi connectivity index (χ0v) is 14.3. The SMILES string of the molecule is CC(C)(Oc1ccc(-c2ccccc2)cc1)C(=O)Nc1nccs1. The minimum absolute atomic E-state index is 0.232. The molecule has 2 aromatic carbocycles. The van der Waals surface area contributed by atoms with Crippen molar-refractivity contribution in [3.8, 4) is 16.9 Å². The molecule has 0 bridgehead atoms. The molecule has 0 radical (unpaired) electrons. The highest BCUT2D eigenvalue weighted by Crippen LogP contribution is 2.25. The molecule has 1 amide bonds. The lowest BCUT2D eigenvalue weighted by Crippen LogP contribution is -2.42. The zero-order valence-electron chi connectivity index (χ0n) is 13.5. The highest BCUT2D eigenvalue weighted by molar-refractivity contribution is 7.13. The second-order valence-electron chi connectivity index (χ2n) is 5.79. The first-order chi connectivity index (χ1) is 11.5. The second-order valence-corrected chi connectivity index (χ2v) is 6.69. The van der Waals surface area contributed by atoms with Gasteiger partial charge in [-0.05, 0) is 37.1 Å². The summed E-state index contributed by atoms with van der Waals surface area (Å²) in [5.41, 5.74) is 1.25. The number of hydrogen-bond acceptors (Lipinski definition) is 4. The number of carbonyl (C=O) groups is 1. The van der Waals surface area contributed by atoms with E-state index in [1.54, 1.807) is 20.0 Å². The predicted molar refractivity (Wildman–Crippen MR) is 97.3 cm³/mol. The van der Waals surface area contributed by atoms with Gasteiger partial charge in [0.15, 0.2) is 10.7 Å². The number of ether oxygens (including phenoxy) is 1. The van der Waals surface area contributed by atoms with Gasteiger partial charge in [-0.25, -0.2) is 4.98 Å². The number of benzene rings is 2. The van der Waals surface area contributed by atoms with Crippen molar-refractivity contribution in [2.24, 2.45) is 0 Å². The second kappa shape index (κ2) is 6.84. The summed E-state index contributed by atoms with van der Waals surface area (Å²) in [6.45, 7) is 3.47. The standard InChI is InChI=1S/C19H18N2O2S/c1-19(2,17(22)21-18-20-12-13-24-18)23-16-10-8-15(9-11-16)14-6-4-3-5-7-14/h3-13H,1-2H3,(H,20,21,22). The van der Waals surface area contributed by atoms with Gasteiger partial charge < -0.3 is 4.74 Å². The summed E-state index contributed by atoms with van der Waals surface area (Å²) in [6.07, 6.45) is 1.65. The van der Waals surface area contributed by atoms with Crippen molar-refractivity contribution in [1.82, 2.24) is 4.98 Å². The minimum atomic E-state index is -1.00. The molecule has 0 atom stereocenters. The number of aromatic nitrogens is 1. The van der Waals surface area contributed by atoms with Crippen molar-refractivity contribution < 1.29 is 9.53 Å². The fraction of sp³-hybridized carbons (Fsp3) is 0.158. The fourth-order valence-electron chi connectivity index (χ4n) is 2.22. The van der Waals surface area contributed by atoms with E-state index in [2.05, 4.69) is 22.4 Å². The van der Waals surface area contributed by atoms with Crippen molar-refractivity contribution in [2.75, 3.05) is 5.32 Å². The lowest BCUT2D eigenvalue weighted by molar-refractivity contribution is -0.128. The number of anilines is 1. The van der Waals surface area contributed by atoms with Crippen LogP contribution < -0.4 is 10.1 Å². The Bertz CT molecular complexity index is 797. The molecule has 0 spiro atoms. The van der Waals surface area contributed by atoms with Gasteiger partial charge in [0.2, 0.25) is 0 Å². The summed E-state index contributed by atoms with van der Waals surface area (Å²) >= 11 is 1.37. The predicted octanol–water partition coefficient (Wildman–Crippen LogP) is 4.61. The maximum atomic E-state index is 12.4. The molecule has 122 valence electrons. The Kier molecular flexibility index (Phi) is 4.62. The third-order valence-corrected chi connectivity index (χ3v) is 4.22. The smallest absolute Gasteiger partial charge is 0.269 e. The number of amides is 1. The van der Waals surface area contributed by atoms with Gasteiger partial charge in [-0.15, -0.1) is 11.3 Å². The summed E-state index contributed by atoms with van der Waals surface area (Å²) in [4.78, 5) is 16.4. The van der Waals surface area contributed by atoms with E-state index in [-0.39, 0.29) is 5.91 Å². The van der Waals surface area contributed by atoms with Crippen LogP contribution in [0.1, 0.15) is 13.8 Å². The van der Waals surface area contributed by atoms with Crippen molar-refractivity contribution in [2.45, 2.75) is 19.4 Å². The molecule has 1 heterocycles. The van der Waals surface area contributed by atoms with Crippen LogP contribution in [0.4, 0.5) is 5.13 Å². The molecule has 24 heavy (non-hydrogen) atoms. The van der Waals surface area contributed by atoms with Crippen LogP contribution in [0.2, 0.25) is 0 Å². The third kappa shape index (κ3) is 3.81. The van der Waals surface area contributed by atoms with Crippen LogP contribution in [0.25, 0.3) is 11.1 Å². The highest BCUT2D eigenvalue weighted by Gasteiger charge is 2.30. The summed E-state index contributed by atoms with van der Waals surface area (Å²) in [5.74, 6) is 0.415. The number of carbonyl (C=O) groups excluding carboxylic acids is 1. The molecule has 0 fully saturated rings. The Balaban J connectivity index is 1.69. The Morgan fingerprint density at radius 2 is 1.71 bits per heavy atom. The van der Waals surface area contributed by atoms with Crippen LogP contribution in [0, 0.1) is 0 Å². The van der Waals surface area contributed by atoms with Crippen molar-refractivity contribution >= 4 is 22.4 Å². The van der Waals surface area contributed by atoms with Gasteiger partial charge in [0.05, 0.1) is 0 Å². The van der Waals surface area contributed by atoms with Gasteiger partial charge in [-0.2, -0.15) is 0 Å². The van der Waals surface area contributed by atoms with E-state index in [9.17, 15) is 4.79 Å². The summed E-state index contributed by atoms with van der Waals surface area (Å²) in [5, 5.41) is 5.14. The molecule has 0 aliphatic heterocycles. The van der Waals surface area contributed by atoms with E-state index in [0.29, 0.717) is 10.9 Å². The largest absolute Gasteiger partial charge is 0.478 e. The first-order valence-electron chi connectivity index (χ1n) is 7.60. The van der Waals surface area contributed by atoms with E-state index in [4.69, 9.17) is 4.74 Å². The number of rotatable bonds is 5. The lowest BCUT2D eigenvalue weighted by atomic mass is 10.1. The minimum Gasteiger partial charge on any atom is -0.478 e. The zero-order chi connectivity index (χ0) is 17.0. The molecule has 5 heteroatoms. The Hall–Kier alpha value is -2.66. The van der Waals surface area contributed by atoms with Crippen LogP contribution in [0.3, 0.4) is 0 Å². The van der Waals surface area contributed by atoms with Crippen LogP contribution in [-0.4, -0.2) is 16.5 Å². The average Bonchev–Trinajstić information content (AvgIpc) is 3.09. The van der Waals surface area contributed by atoms with E-state index >= 15 is 0 Å².